The first kappa shape index (κ1) is 24.3. The van der Waals surface area contributed by atoms with E-state index in [-0.39, 0.29) is 23.2 Å². The molecular formula is C30H29N3O4. The topological polar surface area (TPSA) is 95.5 Å². The maximum absolute atomic E-state index is 13.5. The second-order valence-electron chi connectivity index (χ2n) is 9.50. The fourth-order valence-corrected chi connectivity index (χ4v) is 4.82. The molecule has 1 aromatic heterocycles. The highest BCUT2D eigenvalue weighted by atomic mass is 16.5. The number of hydrogen-bond acceptors (Lipinski definition) is 5. The molecule has 0 radical (unpaired) electrons. The Bertz CT molecular complexity index is 1540. The minimum atomic E-state index is -0.850. The molecule has 1 atom stereocenters. The number of carbonyl (C=O) groups is 2. The molecule has 0 bridgehead atoms. The summed E-state index contributed by atoms with van der Waals surface area (Å²) >= 11 is 0. The number of imidazole rings is 1. The van der Waals surface area contributed by atoms with Crippen LogP contribution in [-0.2, 0) is 9.59 Å². The molecule has 1 aliphatic rings. The lowest BCUT2D eigenvalue weighted by molar-refractivity contribution is -0.132. The van der Waals surface area contributed by atoms with Crippen LogP contribution in [0.1, 0.15) is 55.0 Å². The van der Waals surface area contributed by atoms with Crippen LogP contribution in [0.3, 0.4) is 0 Å². The number of Topliss-reactive ketones (excluding diaryl/α,β-unsaturated/α-hetero) is 1. The van der Waals surface area contributed by atoms with Crippen molar-refractivity contribution in [2.45, 2.75) is 39.7 Å². The largest absolute Gasteiger partial charge is 0.507 e. The van der Waals surface area contributed by atoms with Gasteiger partial charge < -0.3 is 14.8 Å². The van der Waals surface area contributed by atoms with Gasteiger partial charge in [0.05, 0.1) is 29.3 Å². The molecule has 1 aliphatic heterocycles. The molecule has 37 heavy (non-hydrogen) atoms. The molecule has 0 spiro atoms. The average Bonchev–Trinajstić information content (AvgIpc) is 3.42. The van der Waals surface area contributed by atoms with E-state index in [9.17, 15) is 14.7 Å². The van der Waals surface area contributed by atoms with Gasteiger partial charge in [-0.15, -0.1) is 0 Å². The first-order valence-corrected chi connectivity index (χ1v) is 12.4. The number of aliphatic hydroxyl groups excluding tert-OH is 1. The number of aryl methyl sites for hydroxylation is 1. The molecule has 4 aromatic rings. The number of benzene rings is 3. The van der Waals surface area contributed by atoms with Crippen LogP contribution in [0.2, 0.25) is 0 Å². The highest BCUT2D eigenvalue weighted by Crippen LogP contribution is 2.42. The molecule has 0 aliphatic carbocycles. The van der Waals surface area contributed by atoms with Crippen molar-refractivity contribution >= 4 is 34.4 Å². The van der Waals surface area contributed by atoms with Gasteiger partial charge in [0.15, 0.2) is 0 Å². The molecule has 1 fully saturated rings. The van der Waals surface area contributed by atoms with E-state index in [1.165, 1.54) is 4.90 Å². The van der Waals surface area contributed by atoms with Crippen molar-refractivity contribution in [1.82, 2.24) is 9.97 Å². The number of aromatic nitrogens is 2. The first-order chi connectivity index (χ1) is 17.8. The zero-order chi connectivity index (χ0) is 26.3. The number of nitrogens with one attached hydrogen (secondary N) is 1. The number of anilines is 1. The predicted octanol–water partition coefficient (Wildman–Crippen LogP) is 6.02. The number of fused-ring (bicyclic) bond motifs is 1. The Labute approximate surface area is 215 Å². The SMILES string of the molecule is CCOc1ccc(/C(O)=C2\C(=O)C(=O)N(c3nc4ccc(C)cc4[nH]3)C2c2ccccc2)cc1C(C)C. The molecule has 1 unspecified atom stereocenters. The fraction of sp³-hybridized carbons (Fsp3) is 0.233. The minimum Gasteiger partial charge on any atom is -0.507 e. The van der Waals surface area contributed by atoms with Crippen molar-refractivity contribution in [1.29, 1.82) is 0 Å². The van der Waals surface area contributed by atoms with Crippen LogP contribution in [-0.4, -0.2) is 33.4 Å². The first-order valence-electron chi connectivity index (χ1n) is 12.4. The van der Waals surface area contributed by atoms with Crippen LogP contribution < -0.4 is 9.64 Å². The molecule has 188 valence electrons. The third-order valence-corrected chi connectivity index (χ3v) is 6.62. The summed E-state index contributed by atoms with van der Waals surface area (Å²) in [5, 5.41) is 11.5. The van der Waals surface area contributed by atoms with Gasteiger partial charge in [0.1, 0.15) is 11.5 Å². The Kier molecular flexibility index (Phi) is 6.29. The summed E-state index contributed by atoms with van der Waals surface area (Å²) in [5.41, 5.74) is 4.55. The number of ketones is 1. The molecule has 1 amide bonds. The molecule has 1 saturated heterocycles. The summed E-state index contributed by atoms with van der Waals surface area (Å²) in [6, 6.07) is 19.4. The number of ether oxygens (including phenoxy) is 1. The van der Waals surface area contributed by atoms with E-state index in [4.69, 9.17) is 4.74 Å². The number of nitrogens with zero attached hydrogens (tertiary/aromatic N) is 2. The maximum atomic E-state index is 13.5. The minimum absolute atomic E-state index is 0.0201. The molecule has 7 nitrogen and oxygen atoms in total. The summed E-state index contributed by atoms with van der Waals surface area (Å²) in [5.74, 6) is -0.631. The van der Waals surface area contributed by atoms with Gasteiger partial charge in [-0.25, -0.2) is 4.98 Å². The number of aromatic amines is 1. The average molecular weight is 496 g/mol. The van der Waals surface area contributed by atoms with Crippen molar-refractivity contribution < 1.29 is 19.4 Å². The Morgan fingerprint density at radius 2 is 1.84 bits per heavy atom. The molecular weight excluding hydrogens is 466 g/mol. The van der Waals surface area contributed by atoms with Crippen LogP contribution >= 0.6 is 0 Å². The summed E-state index contributed by atoms with van der Waals surface area (Å²) in [4.78, 5) is 36.1. The van der Waals surface area contributed by atoms with E-state index in [0.29, 0.717) is 23.3 Å². The quantitative estimate of drug-likeness (QED) is 0.194. The van der Waals surface area contributed by atoms with E-state index in [2.05, 4.69) is 9.97 Å². The monoisotopic (exact) mass is 495 g/mol. The Morgan fingerprint density at radius 1 is 1.08 bits per heavy atom. The van der Waals surface area contributed by atoms with Gasteiger partial charge in [0.2, 0.25) is 5.95 Å². The fourth-order valence-electron chi connectivity index (χ4n) is 4.82. The van der Waals surface area contributed by atoms with E-state index in [0.717, 1.165) is 22.4 Å². The predicted molar refractivity (Wildman–Crippen MR) is 144 cm³/mol. The third-order valence-electron chi connectivity index (χ3n) is 6.62. The van der Waals surface area contributed by atoms with Gasteiger partial charge in [-0.3, -0.25) is 14.5 Å². The number of carbonyl (C=O) groups excluding carboxylic acids is 2. The normalized spacial score (nSPS) is 17.2. The highest BCUT2D eigenvalue weighted by Gasteiger charge is 2.48. The second kappa shape index (κ2) is 9.58. The van der Waals surface area contributed by atoms with Crippen molar-refractivity contribution in [2.75, 3.05) is 11.5 Å². The Morgan fingerprint density at radius 3 is 2.54 bits per heavy atom. The van der Waals surface area contributed by atoms with Crippen LogP contribution in [0.25, 0.3) is 16.8 Å². The van der Waals surface area contributed by atoms with Gasteiger partial charge in [0, 0.05) is 5.56 Å². The Hall–Kier alpha value is -4.39. The van der Waals surface area contributed by atoms with Crippen molar-refractivity contribution in [3.05, 3.63) is 94.6 Å². The molecule has 7 heteroatoms. The zero-order valence-corrected chi connectivity index (χ0v) is 21.3. The maximum Gasteiger partial charge on any atom is 0.302 e. The van der Waals surface area contributed by atoms with Gasteiger partial charge in [0.25, 0.3) is 5.78 Å². The summed E-state index contributed by atoms with van der Waals surface area (Å²) in [6.45, 7) is 8.47. The molecule has 0 saturated carbocycles. The van der Waals surface area contributed by atoms with Crippen LogP contribution in [0.4, 0.5) is 5.95 Å². The standard InChI is InChI=1S/C30H29N3O4/c1-5-37-24-14-12-20(16-21(24)17(2)3)27(34)25-26(19-9-7-6-8-10-19)33(29(36)28(25)35)30-31-22-13-11-18(4)15-23(22)32-30/h6-17,26,34H,5H2,1-4H3,(H,31,32)/b27-25+. The van der Waals surface area contributed by atoms with Crippen molar-refractivity contribution in [3.63, 3.8) is 0 Å². The lowest BCUT2D eigenvalue weighted by Gasteiger charge is -2.23. The molecule has 3 aromatic carbocycles. The number of rotatable bonds is 6. The van der Waals surface area contributed by atoms with E-state index < -0.39 is 17.7 Å². The number of hydrogen-bond donors (Lipinski definition) is 2. The smallest absolute Gasteiger partial charge is 0.302 e. The Balaban J connectivity index is 1.70. The number of aliphatic hydroxyl groups is 1. The summed E-state index contributed by atoms with van der Waals surface area (Å²) < 4.78 is 5.76. The van der Waals surface area contributed by atoms with Gasteiger partial charge in [-0.2, -0.15) is 0 Å². The van der Waals surface area contributed by atoms with Gasteiger partial charge in [-0.1, -0.05) is 50.2 Å². The zero-order valence-electron chi connectivity index (χ0n) is 21.3. The van der Waals surface area contributed by atoms with Crippen molar-refractivity contribution in [2.24, 2.45) is 0 Å². The highest BCUT2D eigenvalue weighted by molar-refractivity contribution is 6.51. The summed E-state index contributed by atoms with van der Waals surface area (Å²) in [6.07, 6.45) is 0. The van der Waals surface area contributed by atoms with Crippen LogP contribution in [0.15, 0.2) is 72.3 Å². The summed E-state index contributed by atoms with van der Waals surface area (Å²) in [7, 11) is 0. The van der Waals surface area contributed by atoms with Gasteiger partial charge >= 0.3 is 5.91 Å². The van der Waals surface area contributed by atoms with Crippen LogP contribution in [0.5, 0.6) is 5.75 Å². The molecule has 2 heterocycles. The van der Waals surface area contributed by atoms with E-state index in [1.807, 2.05) is 82.3 Å². The number of amides is 1. The van der Waals surface area contributed by atoms with E-state index in [1.54, 1.807) is 12.1 Å². The lowest BCUT2D eigenvalue weighted by Crippen LogP contribution is -2.30. The second-order valence-corrected chi connectivity index (χ2v) is 9.50. The van der Waals surface area contributed by atoms with Gasteiger partial charge in [-0.05, 0) is 66.8 Å². The molecule has 2 N–H and O–H groups in total. The lowest BCUT2D eigenvalue weighted by atomic mass is 9.93. The van der Waals surface area contributed by atoms with Crippen LogP contribution in [0, 0.1) is 6.92 Å². The third kappa shape index (κ3) is 4.27. The van der Waals surface area contributed by atoms with Crippen molar-refractivity contribution in [3.8, 4) is 5.75 Å². The molecule has 5 rings (SSSR count). The number of H-pyrrole nitrogens is 1. The van der Waals surface area contributed by atoms with E-state index >= 15 is 0 Å².